The molecule has 5 rings (SSSR count). The normalized spacial score (nSPS) is 12.3. The van der Waals surface area contributed by atoms with E-state index in [9.17, 15) is 19.1 Å². The van der Waals surface area contributed by atoms with Crippen LogP contribution in [0.15, 0.2) is 84.9 Å². The molecule has 0 fully saturated rings. The molecule has 0 unspecified atom stereocenters. The number of hydrogen-bond acceptors (Lipinski definition) is 3. The van der Waals surface area contributed by atoms with Gasteiger partial charge in [-0.1, -0.05) is 76.6 Å². The number of carbonyl (C=O) groups excluding carboxylic acids is 1. The first-order valence-electron chi connectivity index (χ1n) is 14.1. The maximum atomic E-state index is 14.6. The lowest BCUT2D eigenvalue weighted by Gasteiger charge is -2.19. The van der Waals surface area contributed by atoms with Crippen molar-refractivity contribution in [2.45, 2.75) is 52.0 Å². The number of rotatable bonds is 8. The number of nitrogens with one attached hydrogen (secondary N) is 2. The van der Waals surface area contributed by atoms with Crippen LogP contribution in [-0.4, -0.2) is 27.0 Å². The maximum Gasteiger partial charge on any atom is 0.336 e. The second-order valence-corrected chi connectivity index (χ2v) is 11.5. The molecular formula is C35H34FN3O3. The Hall–Kier alpha value is -4.78. The second-order valence-electron chi connectivity index (χ2n) is 11.5. The topological polar surface area (TPSA) is 95.1 Å². The minimum Gasteiger partial charge on any atom is -0.478 e. The fraction of sp³-hybridized carbons (Fsp3) is 0.229. The zero-order valence-corrected chi connectivity index (χ0v) is 24.2. The number of hydrogen-bond donors (Lipinski definition) is 3. The minimum atomic E-state index is -1.22. The third-order valence-corrected chi connectivity index (χ3v) is 7.47. The number of fused-ring (bicyclic) bond motifs is 1. The van der Waals surface area contributed by atoms with Crippen LogP contribution in [0.4, 0.5) is 4.39 Å². The number of carbonyl (C=O) groups is 2. The van der Waals surface area contributed by atoms with E-state index in [1.54, 1.807) is 18.2 Å². The molecule has 4 aromatic carbocycles. The number of carboxylic acid groups (broad SMARTS) is 1. The molecule has 214 valence electrons. The van der Waals surface area contributed by atoms with Crippen LogP contribution < -0.4 is 5.32 Å². The molecule has 1 aromatic heterocycles. The summed E-state index contributed by atoms with van der Waals surface area (Å²) in [6, 6.07) is 24.2. The van der Waals surface area contributed by atoms with Gasteiger partial charge in [-0.2, -0.15) is 0 Å². The standard InChI is InChI=1S/C35H34FN3O3/c1-5-9-29(21-10-7-6-8-11-21)39-33(40)22-12-15-25(28(18-22)34(41)42)27-20-24(36)14-16-26(27)32-37-30-17-13-23(35(2,3)4)19-31(30)38-32/h6-8,10-20,29H,5,9H2,1-4H3,(H,37,38)(H,39,40)(H,41,42)/t29-/m1/s1. The Labute approximate surface area is 244 Å². The van der Waals surface area contributed by atoms with Crippen LogP contribution >= 0.6 is 0 Å². The summed E-state index contributed by atoms with van der Waals surface area (Å²) in [7, 11) is 0. The van der Waals surface area contributed by atoms with E-state index in [0.29, 0.717) is 17.0 Å². The van der Waals surface area contributed by atoms with E-state index in [-0.39, 0.29) is 34.1 Å². The van der Waals surface area contributed by atoms with Gasteiger partial charge in [0.15, 0.2) is 0 Å². The van der Waals surface area contributed by atoms with Crippen molar-refractivity contribution in [3.05, 3.63) is 113 Å². The van der Waals surface area contributed by atoms with E-state index < -0.39 is 11.8 Å². The highest BCUT2D eigenvalue weighted by Gasteiger charge is 2.22. The zero-order chi connectivity index (χ0) is 30.0. The van der Waals surface area contributed by atoms with Crippen molar-refractivity contribution < 1.29 is 19.1 Å². The van der Waals surface area contributed by atoms with Gasteiger partial charge in [0.25, 0.3) is 5.91 Å². The lowest BCUT2D eigenvalue weighted by atomic mass is 9.87. The summed E-state index contributed by atoms with van der Waals surface area (Å²) in [6.45, 7) is 8.44. The van der Waals surface area contributed by atoms with Crippen molar-refractivity contribution in [1.29, 1.82) is 0 Å². The van der Waals surface area contributed by atoms with Gasteiger partial charge in [0.2, 0.25) is 0 Å². The van der Waals surface area contributed by atoms with Crippen LogP contribution in [-0.2, 0) is 5.41 Å². The third-order valence-electron chi connectivity index (χ3n) is 7.47. The largest absolute Gasteiger partial charge is 0.478 e. The van der Waals surface area contributed by atoms with E-state index >= 15 is 0 Å². The first-order valence-corrected chi connectivity index (χ1v) is 14.1. The molecule has 0 aliphatic rings. The highest BCUT2D eigenvalue weighted by atomic mass is 19.1. The Kier molecular flexibility index (Phi) is 7.94. The molecule has 0 aliphatic carbocycles. The Morgan fingerprint density at radius 3 is 2.36 bits per heavy atom. The summed E-state index contributed by atoms with van der Waals surface area (Å²) >= 11 is 0. The third kappa shape index (κ3) is 5.96. The molecule has 1 amide bonds. The lowest BCUT2D eigenvalue weighted by Crippen LogP contribution is -2.28. The van der Waals surface area contributed by atoms with Crippen molar-refractivity contribution >= 4 is 22.9 Å². The number of benzene rings is 4. The van der Waals surface area contributed by atoms with Crippen LogP contribution in [0, 0.1) is 5.82 Å². The molecule has 0 bridgehead atoms. The van der Waals surface area contributed by atoms with Gasteiger partial charge >= 0.3 is 5.97 Å². The van der Waals surface area contributed by atoms with Crippen LogP contribution in [0.1, 0.15) is 78.4 Å². The molecular weight excluding hydrogens is 529 g/mol. The zero-order valence-electron chi connectivity index (χ0n) is 24.2. The molecule has 5 aromatic rings. The molecule has 6 nitrogen and oxygen atoms in total. The number of aromatic amines is 1. The summed E-state index contributed by atoms with van der Waals surface area (Å²) in [5.41, 5.74) is 4.96. The van der Waals surface area contributed by atoms with E-state index in [1.807, 2.05) is 55.5 Å². The van der Waals surface area contributed by atoms with E-state index in [0.717, 1.165) is 35.0 Å². The number of aromatic carboxylic acids is 1. The average molecular weight is 564 g/mol. The van der Waals surface area contributed by atoms with Gasteiger partial charge in [0.05, 0.1) is 22.6 Å². The van der Waals surface area contributed by atoms with Gasteiger partial charge in [-0.05, 0) is 76.6 Å². The van der Waals surface area contributed by atoms with Crippen LogP contribution in [0.3, 0.4) is 0 Å². The molecule has 42 heavy (non-hydrogen) atoms. The molecule has 7 heteroatoms. The molecule has 0 aliphatic heterocycles. The first-order chi connectivity index (χ1) is 20.0. The van der Waals surface area contributed by atoms with Gasteiger partial charge in [-0.25, -0.2) is 14.2 Å². The SMILES string of the molecule is CCC[C@@H](NC(=O)c1ccc(-c2cc(F)ccc2-c2nc3ccc(C(C)(C)C)cc3[nH]2)c(C(=O)O)c1)c1ccccc1. The van der Waals surface area contributed by atoms with Gasteiger partial charge in [0, 0.05) is 11.1 Å². The summed E-state index contributed by atoms with van der Waals surface area (Å²) in [5, 5.41) is 13.2. The predicted octanol–water partition coefficient (Wildman–Crippen LogP) is 8.30. The van der Waals surface area contributed by atoms with Crippen molar-refractivity contribution in [2.24, 2.45) is 0 Å². The molecule has 0 saturated heterocycles. The van der Waals surface area contributed by atoms with Crippen molar-refractivity contribution in [3.8, 4) is 22.5 Å². The Morgan fingerprint density at radius 2 is 1.67 bits per heavy atom. The molecule has 3 N–H and O–H groups in total. The maximum absolute atomic E-state index is 14.6. The Morgan fingerprint density at radius 1 is 0.929 bits per heavy atom. The smallest absolute Gasteiger partial charge is 0.336 e. The number of aromatic nitrogens is 2. The fourth-order valence-corrected chi connectivity index (χ4v) is 5.18. The first kappa shape index (κ1) is 28.7. The number of carboxylic acids is 1. The summed E-state index contributed by atoms with van der Waals surface area (Å²) in [6.07, 6.45) is 1.60. The number of amides is 1. The monoisotopic (exact) mass is 563 g/mol. The average Bonchev–Trinajstić information content (AvgIpc) is 3.40. The number of halogens is 1. The number of H-pyrrole nitrogens is 1. The van der Waals surface area contributed by atoms with Gasteiger partial charge in [-0.3, -0.25) is 4.79 Å². The van der Waals surface area contributed by atoms with Crippen LogP contribution in [0.25, 0.3) is 33.5 Å². The van der Waals surface area contributed by atoms with E-state index in [4.69, 9.17) is 4.98 Å². The van der Waals surface area contributed by atoms with Crippen molar-refractivity contribution in [1.82, 2.24) is 15.3 Å². The van der Waals surface area contributed by atoms with Gasteiger partial charge in [0.1, 0.15) is 11.6 Å². The fourth-order valence-electron chi connectivity index (χ4n) is 5.18. The van der Waals surface area contributed by atoms with Crippen LogP contribution in [0.5, 0.6) is 0 Å². The summed E-state index contributed by atoms with van der Waals surface area (Å²) in [5.74, 6) is -1.61. The van der Waals surface area contributed by atoms with E-state index in [2.05, 4.69) is 31.1 Å². The molecule has 1 heterocycles. The highest BCUT2D eigenvalue weighted by molar-refractivity contribution is 6.03. The van der Waals surface area contributed by atoms with E-state index in [1.165, 1.54) is 18.2 Å². The molecule has 0 radical (unpaired) electrons. The Balaban J connectivity index is 1.54. The van der Waals surface area contributed by atoms with Gasteiger partial charge in [-0.15, -0.1) is 0 Å². The number of imidazole rings is 1. The van der Waals surface area contributed by atoms with Gasteiger partial charge < -0.3 is 15.4 Å². The molecule has 0 saturated carbocycles. The van der Waals surface area contributed by atoms with Crippen molar-refractivity contribution in [3.63, 3.8) is 0 Å². The summed E-state index contributed by atoms with van der Waals surface area (Å²) < 4.78 is 14.6. The lowest BCUT2D eigenvalue weighted by molar-refractivity contribution is 0.0697. The number of nitrogens with zero attached hydrogens (tertiary/aromatic N) is 1. The molecule has 0 spiro atoms. The van der Waals surface area contributed by atoms with Crippen LogP contribution in [0.2, 0.25) is 0 Å². The molecule has 1 atom stereocenters. The second kappa shape index (κ2) is 11.6. The predicted molar refractivity (Wildman–Crippen MR) is 164 cm³/mol. The minimum absolute atomic E-state index is 0.0530. The van der Waals surface area contributed by atoms with Crippen molar-refractivity contribution in [2.75, 3.05) is 0 Å². The quantitative estimate of drug-likeness (QED) is 0.177. The Bertz CT molecular complexity index is 1770. The highest BCUT2D eigenvalue weighted by Crippen LogP contribution is 2.36. The summed E-state index contributed by atoms with van der Waals surface area (Å²) in [4.78, 5) is 33.8.